The maximum atomic E-state index is 12.9. The first-order valence-corrected chi connectivity index (χ1v) is 7.83. The molecule has 0 saturated heterocycles. The van der Waals surface area contributed by atoms with Gasteiger partial charge in [0.2, 0.25) is 5.60 Å². The van der Waals surface area contributed by atoms with Crippen LogP contribution in [0.3, 0.4) is 0 Å². The van der Waals surface area contributed by atoms with Crippen LogP contribution in [0.15, 0.2) is 48.7 Å². The minimum Gasteiger partial charge on any atom is -0.383 e. The molecule has 2 aromatic heterocycles. The molecule has 0 aliphatic carbocycles. The Kier molecular flexibility index (Phi) is 3.16. The lowest BCUT2D eigenvalue weighted by atomic mass is 9.87. The van der Waals surface area contributed by atoms with Crippen LogP contribution in [0.2, 0.25) is 0 Å². The molecule has 1 atom stereocenters. The maximum absolute atomic E-state index is 12.9. The van der Waals surface area contributed by atoms with E-state index in [4.69, 9.17) is 5.73 Å². The monoisotopic (exact) mass is 335 g/mol. The van der Waals surface area contributed by atoms with E-state index in [9.17, 15) is 9.90 Å². The zero-order valence-electron chi connectivity index (χ0n) is 13.8. The number of amides is 1. The average Bonchev–Trinajstić information content (AvgIpc) is 3.04. The topological polar surface area (TPSA) is 97.3 Å². The number of aromatic nitrogens is 3. The fourth-order valence-corrected chi connectivity index (χ4v) is 3.43. The minimum atomic E-state index is -1.87. The molecule has 126 valence electrons. The molecule has 1 aliphatic heterocycles. The summed E-state index contributed by atoms with van der Waals surface area (Å²) in [5, 5.41) is 15.8. The summed E-state index contributed by atoms with van der Waals surface area (Å²) in [7, 11) is 1.63. The first-order valence-electron chi connectivity index (χ1n) is 7.83. The molecule has 4 rings (SSSR count). The SMILES string of the molecule is Cc1nn(-c2ccccn2)c(N)c1C1(O)C(=O)N(C)c2ccccc21. The van der Waals surface area contributed by atoms with Gasteiger partial charge >= 0.3 is 0 Å². The summed E-state index contributed by atoms with van der Waals surface area (Å²) in [4.78, 5) is 18.6. The minimum absolute atomic E-state index is 0.192. The van der Waals surface area contributed by atoms with E-state index < -0.39 is 11.5 Å². The second kappa shape index (κ2) is 5.15. The van der Waals surface area contributed by atoms with Gasteiger partial charge in [0, 0.05) is 18.8 Å². The van der Waals surface area contributed by atoms with Crippen LogP contribution in [0.5, 0.6) is 0 Å². The van der Waals surface area contributed by atoms with Gasteiger partial charge in [0.1, 0.15) is 5.82 Å². The Morgan fingerprint density at radius 2 is 1.88 bits per heavy atom. The van der Waals surface area contributed by atoms with E-state index in [1.807, 2.05) is 12.1 Å². The number of benzene rings is 1. The van der Waals surface area contributed by atoms with Crippen molar-refractivity contribution in [1.29, 1.82) is 0 Å². The van der Waals surface area contributed by atoms with Gasteiger partial charge in [-0.1, -0.05) is 24.3 Å². The van der Waals surface area contributed by atoms with Crippen molar-refractivity contribution >= 4 is 17.4 Å². The summed E-state index contributed by atoms with van der Waals surface area (Å²) in [6.45, 7) is 1.72. The van der Waals surface area contributed by atoms with Gasteiger partial charge in [0.25, 0.3) is 5.91 Å². The summed E-state index contributed by atoms with van der Waals surface area (Å²) in [5.41, 5.74) is 6.35. The van der Waals surface area contributed by atoms with E-state index in [0.717, 1.165) is 0 Å². The zero-order chi connectivity index (χ0) is 17.8. The van der Waals surface area contributed by atoms with E-state index >= 15 is 0 Å². The van der Waals surface area contributed by atoms with Gasteiger partial charge in [0.15, 0.2) is 5.82 Å². The molecule has 25 heavy (non-hydrogen) atoms. The van der Waals surface area contributed by atoms with Crippen LogP contribution in [0, 0.1) is 6.92 Å². The molecule has 1 unspecified atom stereocenters. The number of nitrogens with two attached hydrogens (primary N) is 1. The number of carbonyl (C=O) groups is 1. The van der Waals surface area contributed by atoms with Crippen molar-refractivity contribution < 1.29 is 9.90 Å². The van der Waals surface area contributed by atoms with Gasteiger partial charge < -0.3 is 15.7 Å². The number of aliphatic hydroxyl groups is 1. The van der Waals surface area contributed by atoms with Crippen molar-refractivity contribution in [3.63, 3.8) is 0 Å². The Balaban J connectivity index is 1.97. The van der Waals surface area contributed by atoms with E-state index in [1.54, 1.807) is 50.5 Å². The lowest BCUT2D eigenvalue weighted by Gasteiger charge is -2.22. The lowest BCUT2D eigenvalue weighted by molar-refractivity contribution is -0.131. The number of hydrogen-bond acceptors (Lipinski definition) is 5. The van der Waals surface area contributed by atoms with Crippen LogP contribution in [-0.2, 0) is 10.4 Å². The Morgan fingerprint density at radius 1 is 1.16 bits per heavy atom. The highest BCUT2D eigenvalue weighted by Gasteiger charge is 2.52. The number of carbonyl (C=O) groups excluding carboxylic acids is 1. The Bertz CT molecular complexity index is 982. The summed E-state index contributed by atoms with van der Waals surface area (Å²) in [6, 6.07) is 12.5. The third kappa shape index (κ3) is 1.93. The van der Waals surface area contributed by atoms with Crippen molar-refractivity contribution in [1.82, 2.24) is 14.8 Å². The van der Waals surface area contributed by atoms with Gasteiger partial charge in [-0.15, -0.1) is 0 Å². The molecule has 3 N–H and O–H groups in total. The zero-order valence-corrected chi connectivity index (χ0v) is 13.8. The van der Waals surface area contributed by atoms with Crippen molar-refractivity contribution in [2.75, 3.05) is 17.7 Å². The predicted molar refractivity (Wildman–Crippen MR) is 93.4 cm³/mol. The molecule has 0 fully saturated rings. The third-order valence-electron chi connectivity index (χ3n) is 4.59. The number of nitrogen functional groups attached to an aromatic ring is 1. The number of rotatable bonds is 2. The van der Waals surface area contributed by atoms with Crippen molar-refractivity contribution in [3.8, 4) is 5.82 Å². The molecular formula is C18H17N5O2. The molecule has 0 saturated carbocycles. The molecule has 7 heteroatoms. The third-order valence-corrected chi connectivity index (χ3v) is 4.59. The number of pyridine rings is 1. The van der Waals surface area contributed by atoms with Crippen LogP contribution in [-0.4, -0.2) is 32.8 Å². The van der Waals surface area contributed by atoms with E-state index in [2.05, 4.69) is 10.1 Å². The highest BCUT2D eigenvalue weighted by Crippen LogP contribution is 2.46. The molecule has 3 aromatic rings. The quantitative estimate of drug-likeness (QED) is 0.737. The number of para-hydroxylation sites is 1. The first kappa shape index (κ1) is 15.3. The number of anilines is 2. The van der Waals surface area contributed by atoms with Crippen molar-refractivity contribution in [2.45, 2.75) is 12.5 Å². The fourth-order valence-electron chi connectivity index (χ4n) is 3.43. The molecule has 1 aliphatic rings. The Morgan fingerprint density at radius 3 is 2.60 bits per heavy atom. The largest absolute Gasteiger partial charge is 0.383 e. The molecule has 0 bridgehead atoms. The van der Waals surface area contributed by atoms with E-state index in [0.29, 0.717) is 28.3 Å². The lowest BCUT2D eigenvalue weighted by Crippen LogP contribution is -2.40. The van der Waals surface area contributed by atoms with Gasteiger partial charge in [-0.2, -0.15) is 9.78 Å². The molecule has 1 amide bonds. The highest BCUT2D eigenvalue weighted by atomic mass is 16.3. The first-order chi connectivity index (χ1) is 12.0. The van der Waals surface area contributed by atoms with Crippen LogP contribution < -0.4 is 10.6 Å². The summed E-state index contributed by atoms with van der Waals surface area (Å²) in [6.07, 6.45) is 1.63. The number of likely N-dealkylation sites (N-methyl/N-ethyl adjacent to an activating group) is 1. The summed E-state index contributed by atoms with van der Waals surface area (Å²) < 4.78 is 1.44. The van der Waals surface area contributed by atoms with Gasteiger partial charge in [-0.05, 0) is 25.1 Å². The molecule has 7 nitrogen and oxygen atoms in total. The van der Waals surface area contributed by atoms with Gasteiger partial charge in [-0.25, -0.2) is 4.98 Å². The highest BCUT2D eigenvalue weighted by molar-refractivity contribution is 6.09. The van der Waals surface area contributed by atoms with Crippen LogP contribution in [0.1, 0.15) is 16.8 Å². The van der Waals surface area contributed by atoms with Crippen LogP contribution in [0.25, 0.3) is 5.82 Å². The molecule has 1 aromatic carbocycles. The fraction of sp³-hybridized carbons (Fsp3) is 0.167. The molecule has 3 heterocycles. The molecular weight excluding hydrogens is 318 g/mol. The van der Waals surface area contributed by atoms with Gasteiger partial charge in [0.05, 0.1) is 16.9 Å². The predicted octanol–water partition coefficient (Wildman–Crippen LogP) is 1.37. The van der Waals surface area contributed by atoms with E-state index in [1.165, 1.54) is 9.58 Å². The second-order valence-corrected chi connectivity index (χ2v) is 6.04. The van der Waals surface area contributed by atoms with Gasteiger partial charge in [-0.3, -0.25) is 4.79 Å². The molecule has 0 spiro atoms. The smallest absolute Gasteiger partial charge is 0.268 e. The van der Waals surface area contributed by atoms with Crippen LogP contribution >= 0.6 is 0 Å². The normalized spacial score (nSPS) is 19.3. The molecule has 0 radical (unpaired) electrons. The second-order valence-electron chi connectivity index (χ2n) is 6.04. The summed E-state index contributed by atoms with van der Waals surface area (Å²) >= 11 is 0. The number of hydrogen-bond donors (Lipinski definition) is 2. The number of aryl methyl sites for hydroxylation is 1. The Labute approximate surface area is 144 Å². The van der Waals surface area contributed by atoms with Crippen molar-refractivity contribution in [2.24, 2.45) is 0 Å². The standard InChI is InChI=1S/C18H17N5O2/c1-11-15(16(19)23(21-11)14-9-5-6-10-20-14)18(25)12-7-3-4-8-13(12)22(2)17(18)24/h3-10,25H,19H2,1-2H3. The summed E-state index contributed by atoms with van der Waals surface area (Å²) in [5.74, 6) is 0.256. The van der Waals surface area contributed by atoms with E-state index in [-0.39, 0.29) is 5.82 Å². The number of fused-ring (bicyclic) bond motifs is 1. The maximum Gasteiger partial charge on any atom is 0.268 e. The van der Waals surface area contributed by atoms with Crippen LogP contribution in [0.4, 0.5) is 11.5 Å². The number of nitrogens with zero attached hydrogens (tertiary/aromatic N) is 4. The average molecular weight is 335 g/mol. The Hall–Kier alpha value is -3.19. The van der Waals surface area contributed by atoms with Crippen molar-refractivity contribution in [3.05, 3.63) is 65.5 Å².